The van der Waals surface area contributed by atoms with E-state index < -0.39 is 46.1 Å². The molecule has 0 bridgehead atoms. The van der Waals surface area contributed by atoms with Crippen molar-refractivity contribution in [3.8, 4) is 23.0 Å². The van der Waals surface area contributed by atoms with E-state index in [1.54, 1.807) is 0 Å². The Morgan fingerprint density at radius 3 is 0.955 bits per heavy atom. The van der Waals surface area contributed by atoms with Crippen LogP contribution in [0, 0.1) is 0 Å². The van der Waals surface area contributed by atoms with Crippen LogP contribution in [0.3, 0.4) is 0 Å². The zero-order chi connectivity index (χ0) is 16.9. The van der Waals surface area contributed by atoms with Gasteiger partial charge in [-0.05, 0) is 24.3 Å². The molecule has 0 aliphatic heterocycles. The van der Waals surface area contributed by atoms with Gasteiger partial charge < -0.3 is 30.6 Å². The first-order valence-electron chi connectivity index (χ1n) is 5.74. The van der Waals surface area contributed by atoms with Crippen LogP contribution in [0.4, 0.5) is 0 Å². The fourth-order valence-electron chi connectivity index (χ4n) is 1.49. The number of aromatic carboxylic acids is 2. The molecule has 0 saturated heterocycles. The van der Waals surface area contributed by atoms with Crippen LogP contribution in [0.1, 0.15) is 20.7 Å². The van der Waals surface area contributed by atoms with Crippen molar-refractivity contribution in [2.45, 2.75) is 0 Å². The number of hydrogen-bond acceptors (Lipinski definition) is 6. The van der Waals surface area contributed by atoms with Gasteiger partial charge in [-0.1, -0.05) is 12.1 Å². The Bertz CT molecular complexity index is 606. The molecule has 6 N–H and O–H groups in total. The number of carbonyl (C=O) groups is 2. The summed E-state index contributed by atoms with van der Waals surface area (Å²) in [5.74, 6) is -4.42. The van der Waals surface area contributed by atoms with Crippen molar-refractivity contribution < 1.29 is 40.2 Å². The summed E-state index contributed by atoms with van der Waals surface area (Å²) >= 11 is 0. The van der Waals surface area contributed by atoms with Crippen LogP contribution in [0.2, 0.25) is 0 Å². The molecule has 0 spiro atoms. The van der Waals surface area contributed by atoms with Crippen LogP contribution in [0.15, 0.2) is 36.4 Å². The van der Waals surface area contributed by atoms with Crippen molar-refractivity contribution in [3.05, 3.63) is 47.5 Å². The summed E-state index contributed by atoms with van der Waals surface area (Å²) in [5.41, 5.74) is -0.931. The first-order valence-corrected chi connectivity index (χ1v) is 5.74. The average molecular weight is 308 g/mol. The number of carboxylic acid groups (broad SMARTS) is 2. The van der Waals surface area contributed by atoms with Crippen LogP contribution in [0.5, 0.6) is 23.0 Å². The van der Waals surface area contributed by atoms with Gasteiger partial charge in [-0.25, -0.2) is 9.59 Å². The minimum absolute atomic E-state index is 0.433. The minimum Gasteiger partial charge on any atom is -0.507 e. The molecule has 0 amide bonds. The summed E-state index contributed by atoms with van der Waals surface area (Å²) in [4.78, 5) is 20.6. The van der Waals surface area contributed by atoms with Crippen LogP contribution in [0.25, 0.3) is 0 Å². The molecule has 0 saturated carbocycles. The summed E-state index contributed by atoms with van der Waals surface area (Å²) in [5, 5.41) is 52.5. The Hall–Kier alpha value is -3.42. The Balaban J connectivity index is 0.000000220. The van der Waals surface area contributed by atoms with Crippen LogP contribution in [-0.2, 0) is 0 Å². The number of phenols is 4. The fraction of sp³-hybridized carbons (Fsp3) is 0. The van der Waals surface area contributed by atoms with Crippen LogP contribution < -0.4 is 0 Å². The van der Waals surface area contributed by atoms with Crippen molar-refractivity contribution in [1.82, 2.24) is 0 Å². The molecular formula is C14H12O8. The van der Waals surface area contributed by atoms with E-state index in [9.17, 15) is 9.59 Å². The molecule has 0 aliphatic carbocycles. The Labute approximate surface area is 123 Å². The van der Waals surface area contributed by atoms with Gasteiger partial charge in [0.25, 0.3) is 0 Å². The van der Waals surface area contributed by atoms with E-state index in [2.05, 4.69) is 0 Å². The monoisotopic (exact) mass is 308 g/mol. The van der Waals surface area contributed by atoms with Gasteiger partial charge in [-0.15, -0.1) is 0 Å². The van der Waals surface area contributed by atoms with E-state index in [1.165, 1.54) is 36.4 Å². The van der Waals surface area contributed by atoms with E-state index in [0.29, 0.717) is 0 Å². The second-order valence-electron chi connectivity index (χ2n) is 3.95. The van der Waals surface area contributed by atoms with Crippen molar-refractivity contribution in [2.75, 3.05) is 0 Å². The van der Waals surface area contributed by atoms with Gasteiger partial charge in [-0.2, -0.15) is 0 Å². The highest BCUT2D eigenvalue weighted by molar-refractivity contribution is 5.94. The maximum atomic E-state index is 10.3. The molecule has 0 aliphatic rings. The molecule has 22 heavy (non-hydrogen) atoms. The molecule has 0 heterocycles. The Morgan fingerprint density at radius 1 is 0.591 bits per heavy atom. The van der Waals surface area contributed by atoms with Crippen molar-refractivity contribution in [3.63, 3.8) is 0 Å². The lowest BCUT2D eigenvalue weighted by molar-refractivity contribution is 0.0678. The normalized spacial score (nSPS) is 9.45. The summed E-state index contributed by atoms with van der Waals surface area (Å²) in [6.45, 7) is 0. The van der Waals surface area contributed by atoms with E-state index in [0.717, 1.165) is 0 Å². The first kappa shape index (κ1) is 16.6. The number of carboxylic acids is 2. The molecule has 8 heteroatoms. The molecule has 2 rings (SSSR count). The molecular weight excluding hydrogens is 296 g/mol. The number of aromatic hydroxyl groups is 4. The first-order chi connectivity index (χ1) is 10.3. The molecule has 0 radical (unpaired) electrons. The maximum absolute atomic E-state index is 10.3. The second kappa shape index (κ2) is 6.84. The standard InChI is InChI=1S/2C7H6O4/c2*8-4-2-1-3-5(9)6(4)7(10)11/h2*1-3,8-9H,(H,10,11). The third kappa shape index (κ3) is 3.79. The van der Waals surface area contributed by atoms with E-state index >= 15 is 0 Å². The van der Waals surface area contributed by atoms with Gasteiger partial charge >= 0.3 is 11.9 Å². The molecule has 2 aromatic rings. The molecule has 2 aromatic carbocycles. The third-order valence-electron chi connectivity index (χ3n) is 2.47. The quantitative estimate of drug-likeness (QED) is 0.488. The largest absolute Gasteiger partial charge is 0.507 e. The molecule has 0 atom stereocenters. The van der Waals surface area contributed by atoms with Crippen molar-refractivity contribution >= 4 is 11.9 Å². The second-order valence-corrected chi connectivity index (χ2v) is 3.95. The van der Waals surface area contributed by atoms with E-state index in [4.69, 9.17) is 30.6 Å². The number of benzene rings is 2. The van der Waals surface area contributed by atoms with Gasteiger partial charge in [0.05, 0.1) is 0 Å². The third-order valence-corrected chi connectivity index (χ3v) is 2.47. The fourth-order valence-corrected chi connectivity index (χ4v) is 1.49. The van der Waals surface area contributed by atoms with Gasteiger partial charge in [0.15, 0.2) is 0 Å². The van der Waals surface area contributed by atoms with Gasteiger partial charge in [-0.3, -0.25) is 0 Å². The van der Waals surface area contributed by atoms with Crippen LogP contribution >= 0.6 is 0 Å². The highest BCUT2D eigenvalue weighted by Crippen LogP contribution is 2.26. The number of rotatable bonds is 2. The zero-order valence-corrected chi connectivity index (χ0v) is 11.0. The minimum atomic E-state index is -1.35. The summed E-state index contributed by atoms with van der Waals surface area (Å²) < 4.78 is 0. The van der Waals surface area contributed by atoms with Gasteiger partial charge in [0.1, 0.15) is 34.1 Å². The van der Waals surface area contributed by atoms with Crippen molar-refractivity contribution in [2.24, 2.45) is 0 Å². The zero-order valence-electron chi connectivity index (χ0n) is 11.0. The average Bonchev–Trinajstić information content (AvgIpc) is 2.38. The van der Waals surface area contributed by atoms with Gasteiger partial charge in [0, 0.05) is 0 Å². The van der Waals surface area contributed by atoms with Crippen LogP contribution in [-0.4, -0.2) is 42.6 Å². The summed E-state index contributed by atoms with van der Waals surface area (Å²) in [7, 11) is 0. The number of hydrogen-bond donors (Lipinski definition) is 6. The topological polar surface area (TPSA) is 156 Å². The summed E-state index contributed by atoms with van der Waals surface area (Å²) in [6, 6.07) is 7.51. The van der Waals surface area contributed by atoms with Gasteiger partial charge in [0.2, 0.25) is 0 Å². The SMILES string of the molecule is O=C(O)c1c(O)cccc1O.O=C(O)c1c(O)cccc1O. The lowest BCUT2D eigenvalue weighted by Gasteiger charge is -1.99. The molecule has 0 unspecified atom stereocenters. The van der Waals surface area contributed by atoms with E-state index in [-0.39, 0.29) is 0 Å². The molecule has 116 valence electrons. The Morgan fingerprint density at radius 2 is 0.818 bits per heavy atom. The van der Waals surface area contributed by atoms with E-state index in [1.807, 2.05) is 0 Å². The highest BCUT2D eigenvalue weighted by atomic mass is 16.4. The Kier molecular flexibility index (Phi) is 5.17. The summed E-state index contributed by atoms with van der Waals surface area (Å²) in [6.07, 6.45) is 0. The lowest BCUT2D eigenvalue weighted by Crippen LogP contribution is -1.96. The lowest BCUT2D eigenvalue weighted by atomic mass is 10.2. The molecule has 8 nitrogen and oxygen atoms in total. The predicted octanol–water partition coefficient (Wildman–Crippen LogP) is 1.59. The maximum Gasteiger partial charge on any atom is 0.343 e. The van der Waals surface area contributed by atoms with Crippen molar-refractivity contribution in [1.29, 1.82) is 0 Å². The molecule has 0 aromatic heterocycles. The highest BCUT2D eigenvalue weighted by Gasteiger charge is 2.14. The smallest absolute Gasteiger partial charge is 0.343 e. The molecule has 0 fully saturated rings. The predicted molar refractivity (Wildman–Crippen MR) is 73.5 cm³/mol.